The maximum absolute atomic E-state index is 13.0. The van der Waals surface area contributed by atoms with Crippen molar-refractivity contribution in [3.8, 4) is 0 Å². The van der Waals surface area contributed by atoms with Crippen LogP contribution in [0.5, 0.6) is 0 Å². The summed E-state index contributed by atoms with van der Waals surface area (Å²) in [6.07, 6.45) is -4.19. The zero-order valence-electron chi connectivity index (χ0n) is 12.1. The fourth-order valence-corrected chi connectivity index (χ4v) is 3.71. The average Bonchev–Trinajstić information content (AvgIpc) is 3.14. The lowest BCUT2D eigenvalue weighted by Crippen LogP contribution is -2.29. The third kappa shape index (κ3) is 1.72. The van der Waals surface area contributed by atoms with Gasteiger partial charge in [0.2, 0.25) is 5.89 Å². The Morgan fingerprint density at radius 1 is 1.25 bits per heavy atom. The molecule has 3 nitrogen and oxygen atoms in total. The van der Waals surface area contributed by atoms with Crippen LogP contribution in [0, 0.1) is 17.3 Å². The smallest absolute Gasteiger partial charge is 0.338 e. The molecule has 1 aromatic heterocycles. The van der Waals surface area contributed by atoms with Gasteiger partial charge in [-0.2, -0.15) is 18.2 Å². The molecule has 1 aromatic rings. The molecule has 2 fully saturated rings. The van der Waals surface area contributed by atoms with Crippen molar-refractivity contribution in [3.05, 3.63) is 11.7 Å². The molecule has 0 aromatic carbocycles. The largest absolute Gasteiger partial charge is 0.403 e. The molecule has 0 bridgehead atoms. The van der Waals surface area contributed by atoms with Crippen LogP contribution in [0.2, 0.25) is 0 Å². The van der Waals surface area contributed by atoms with Crippen LogP contribution >= 0.6 is 0 Å². The van der Waals surface area contributed by atoms with E-state index >= 15 is 0 Å². The molecule has 2 atom stereocenters. The van der Waals surface area contributed by atoms with Crippen LogP contribution in [0.1, 0.15) is 58.2 Å². The predicted molar refractivity (Wildman–Crippen MR) is 66.1 cm³/mol. The molecule has 112 valence electrons. The standard InChI is InChI=1S/C14H19F3N2O/c1-7(2)8-9(12(8,3)4)10-18-11(20-19-10)13(5-6-13)14(15,16)17/h7-9H,5-6H2,1-4H3/t8-,9+/m1/s1. The third-order valence-electron chi connectivity index (χ3n) is 5.05. The highest BCUT2D eigenvalue weighted by molar-refractivity contribution is 5.25. The number of rotatable bonds is 3. The Labute approximate surface area is 115 Å². The minimum Gasteiger partial charge on any atom is -0.338 e. The zero-order chi connectivity index (χ0) is 14.9. The van der Waals surface area contributed by atoms with Crippen molar-refractivity contribution < 1.29 is 17.7 Å². The first-order valence-electron chi connectivity index (χ1n) is 7.02. The number of alkyl halides is 3. The van der Waals surface area contributed by atoms with Crippen LogP contribution in [-0.4, -0.2) is 16.3 Å². The van der Waals surface area contributed by atoms with Crippen molar-refractivity contribution >= 4 is 0 Å². The number of hydrogen-bond donors (Lipinski definition) is 0. The molecule has 1 heterocycles. The summed E-state index contributed by atoms with van der Waals surface area (Å²) in [5, 5.41) is 3.84. The molecule has 0 spiro atoms. The number of aromatic nitrogens is 2. The van der Waals surface area contributed by atoms with Crippen molar-refractivity contribution in [2.24, 2.45) is 17.3 Å². The quantitative estimate of drug-likeness (QED) is 0.842. The van der Waals surface area contributed by atoms with Crippen molar-refractivity contribution in [2.45, 2.75) is 58.0 Å². The molecule has 0 N–H and O–H groups in total. The van der Waals surface area contributed by atoms with Gasteiger partial charge in [-0.1, -0.05) is 32.9 Å². The molecular formula is C14H19F3N2O. The normalized spacial score (nSPS) is 30.6. The van der Waals surface area contributed by atoms with Gasteiger partial charge in [-0.15, -0.1) is 0 Å². The Kier molecular flexibility index (Phi) is 2.62. The lowest BCUT2D eigenvalue weighted by molar-refractivity contribution is -0.166. The summed E-state index contributed by atoms with van der Waals surface area (Å²) >= 11 is 0. The summed E-state index contributed by atoms with van der Waals surface area (Å²) in [6, 6.07) is 0. The van der Waals surface area contributed by atoms with Crippen molar-refractivity contribution in [1.29, 1.82) is 0 Å². The maximum atomic E-state index is 13.0. The Hall–Kier alpha value is -1.07. The van der Waals surface area contributed by atoms with Crippen LogP contribution in [0.4, 0.5) is 13.2 Å². The molecule has 2 aliphatic carbocycles. The first-order chi connectivity index (χ1) is 9.11. The summed E-state index contributed by atoms with van der Waals surface area (Å²) in [5.41, 5.74) is -1.84. The van der Waals surface area contributed by atoms with Gasteiger partial charge in [0.15, 0.2) is 5.82 Å². The Morgan fingerprint density at radius 3 is 2.25 bits per heavy atom. The molecule has 0 unspecified atom stereocenters. The van der Waals surface area contributed by atoms with Crippen LogP contribution in [0.25, 0.3) is 0 Å². The van der Waals surface area contributed by atoms with Gasteiger partial charge in [0.25, 0.3) is 0 Å². The van der Waals surface area contributed by atoms with Gasteiger partial charge in [-0.25, -0.2) is 0 Å². The van der Waals surface area contributed by atoms with Gasteiger partial charge in [-0.3, -0.25) is 0 Å². The first-order valence-corrected chi connectivity index (χ1v) is 7.02. The fourth-order valence-electron chi connectivity index (χ4n) is 3.71. The van der Waals surface area contributed by atoms with E-state index in [0.717, 1.165) is 0 Å². The zero-order valence-corrected chi connectivity index (χ0v) is 12.1. The fraction of sp³-hybridized carbons (Fsp3) is 0.857. The van der Waals surface area contributed by atoms with Gasteiger partial charge in [0, 0.05) is 5.92 Å². The minimum atomic E-state index is -4.30. The van der Waals surface area contributed by atoms with Crippen molar-refractivity contribution in [2.75, 3.05) is 0 Å². The highest BCUT2D eigenvalue weighted by atomic mass is 19.4. The Balaban J connectivity index is 1.87. The Bertz CT molecular complexity index is 529. The van der Waals surface area contributed by atoms with Gasteiger partial charge in [0.05, 0.1) is 0 Å². The summed E-state index contributed by atoms with van der Waals surface area (Å²) in [6.45, 7) is 8.45. The van der Waals surface area contributed by atoms with E-state index in [-0.39, 0.29) is 30.1 Å². The van der Waals surface area contributed by atoms with E-state index in [1.165, 1.54) is 0 Å². The molecule has 3 rings (SSSR count). The second kappa shape index (κ2) is 3.77. The second-order valence-corrected chi connectivity index (χ2v) is 7.11. The summed E-state index contributed by atoms with van der Waals surface area (Å²) in [5.74, 6) is 1.15. The molecule has 2 aliphatic rings. The molecule has 0 amide bonds. The number of halogens is 3. The molecule has 20 heavy (non-hydrogen) atoms. The predicted octanol–water partition coefficient (Wildman–Crippen LogP) is 4.06. The minimum absolute atomic E-state index is 0.0320. The second-order valence-electron chi connectivity index (χ2n) is 7.11. The van der Waals surface area contributed by atoms with Gasteiger partial charge >= 0.3 is 6.18 Å². The SMILES string of the molecule is CC(C)[C@@H]1[C@@H](c2noc(C3(C(F)(F)F)CC3)n2)C1(C)C. The molecule has 6 heteroatoms. The summed E-state index contributed by atoms with van der Waals surface area (Å²) in [4.78, 5) is 4.10. The summed E-state index contributed by atoms with van der Waals surface area (Å²) in [7, 11) is 0. The highest BCUT2D eigenvalue weighted by Gasteiger charge is 2.69. The van der Waals surface area contributed by atoms with E-state index in [1.54, 1.807) is 0 Å². The highest BCUT2D eigenvalue weighted by Crippen LogP contribution is 2.67. The summed E-state index contributed by atoms with van der Waals surface area (Å²) < 4.78 is 44.1. The molecule has 0 radical (unpaired) electrons. The molecule has 0 aliphatic heterocycles. The lowest BCUT2D eigenvalue weighted by atomic mass is 10.0. The third-order valence-corrected chi connectivity index (χ3v) is 5.05. The monoisotopic (exact) mass is 288 g/mol. The van der Waals surface area contributed by atoms with Gasteiger partial charge in [0.1, 0.15) is 5.41 Å². The first kappa shape index (κ1) is 13.9. The molecular weight excluding hydrogens is 269 g/mol. The van der Waals surface area contributed by atoms with Gasteiger partial charge in [-0.05, 0) is 30.1 Å². The topological polar surface area (TPSA) is 38.9 Å². The Morgan fingerprint density at radius 2 is 1.85 bits per heavy atom. The maximum Gasteiger partial charge on any atom is 0.403 e. The van der Waals surface area contributed by atoms with Crippen molar-refractivity contribution in [3.63, 3.8) is 0 Å². The van der Waals surface area contributed by atoms with Crippen LogP contribution in [-0.2, 0) is 5.41 Å². The average molecular weight is 288 g/mol. The number of nitrogens with zero attached hydrogens (tertiary/aromatic N) is 2. The van der Waals surface area contributed by atoms with Gasteiger partial charge < -0.3 is 4.52 Å². The van der Waals surface area contributed by atoms with E-state index in [0.29, 0.717) is 17.7 Å². The molecule has 2 saturated carbocycles. The van der Waals surface area contributed by atoms with Crippen LogP contribution < -0.4 is 0 Å². The van der Waals surface area contributed by atoms with E-state index in [1.807, 2.05) is 0 Å². The van der Waals surface area contributed by atoms with E-state index < -0.39 is 11.6 Å². The van der Waals surface area contributed by atoms with E-state index in [2.05, 4.69) is 37.8 Å². The van der Waals surface area contributed by atoms with Crippen LogP contribution in [0.3, 0.4) is 0 Å². The molecule has 0 saturated heterocycles. The van der Waals surface area contributed by atoms with E-state index in [9.17, 15) is 13.2 Å². The van der Waals surface area contributed by atoms with Crippen molar-refractivity contribution in [1.82, 2.24) is 10.1 Å². The van der Waals surface area contributed by atoms with E-state index in [4.69, 9.17) is 4.52 Å². The van der Waals surface area contributed by atoms with Crippen LogP contribution in [0.15, 0.2) is 4.52 Å². The lowest BCUT2D eigenvalue weighted by Gasteiger charge is -2.13. The number of hydrogen-bond acceptors (Lipinski definition) is 3.